The van der Waals surface area contributed by atoms with Crippen molar-refractivity contribution in [3.05, 3.63) is 35.5 Å². The Labute approximate surface area is 136 Å². The second kappa shape index (κ2) is 4.68. The molecule has 2 fully saturated rings. The number of sulfonamides is 1. The van der Waals surface area contributed by atoms with Crippen molar-refractivity contribution in [2.45, 2.75) is 32.1 Å². The van der Waals surface area contributed by atoms with Gasteiger partial charge in [0.2, 0.25) is 10.0 Å². The van der Waals surface area contributed by atoms with E-state index >= 15 is 0 Å². The molecule has 4 rings (SSSR count). The second-order valence-corrected chi connectivity index (χ2v) is 9.07. The van der Waals surface area contributed by atoms with Gasteiger partial charge in [-0.15, -0.1) is 0 Å². The monoisotopic (exact) mass is 332 g/mol. The lowest BCUT2D eigenvalue weighted by Gasteiger charge is -2.20. The summed E-state index contributed by atoms with van der Waals surface area (Å²) >= 11 is 0. The molecule has 2 unspecified atom stereocenters. The first-order valence-corrected chi connectivity index (χ1v) is 9.28. The predicted molar refractivity (Wildman–Crippen MR) is 86.4 cm³/mol. The van der Waals surface area contributed by atoms with Crippen LogP contribution >= 0.6 is 0 Å². The van der Waals surface area contributed by atoms with Crippen LogP contribution in [-0.2, 0) is 10.0 Å². The molecule has 6 heteroatoms. The summed E-state index contributed by atoms with van der Waals surface area (Å²) < 4.78 is 33.0. The molecule has 1 aromatic heterocycles. The zero-order chi connectivity index (χ0) is 16.4. The fourth-order valence-corrected chi connectivity index (χ4v) is 5.42. The third kappa shape index (κ3) is 2.32. The van der Waals surface area contributed by atoms with Crippen molar-refractivity contribution in [2.24, 2.45) is 11.3 Å². The molecule has 0 bridgehead atoms. The van der Waals surface area contributed by atoms with Gasteiger partial charge in [0.25, 0.3) is 0 Å². The van der Waals surface area contributed by atoms with Gasteiger partial charge in [-0.3, -0.25) is 0 Å². The highest BCUT2D eigenvalue weighted by Gasteiger charge is 2.58. The number of aryl methyl sites for hydroxylation is 2. The van der Waals surface area contributed by atoms with Gasteiger partial charge in [0.15, 0.2) is 5.76 Å². The smallest absolute Gasteiger partial charge is 0.243 e. The summed E-state index contributed by atoms with van der Waals surface area (Å²) in [6.07, 6.45) is 1.15. The van der Waals surface area contributed by atoms with E-state index in [-0.39, 0.29) is 5.41 Å². The number of nitrogens with zero attached hydrogens (tertiary/aromatic N) is 2. The minimum absolute atomic E-state index is 0.195. The maximum absolute atomic E-state index is 13.0. The molecule has 122 valence electrons. The van der Waals surface area contributed by atoms with Gasteiger partial charge in [-0.05, 0) is 43.2 Å². The maximum Gasteiger partial charge on any atom is 0.243 e. The predicted octanol–water partition coefficient (Wildman–Crippen LogP) is 2.99. The molecule has 2 atom stereocenters. The largest absolute Gasteiger partial charge is 0.356 e. The zero-order valence-electron chi connectivity index (χ0n) is 13.5. The van der Waals surface area contributed by atoms with E-state index in [0.29, 0.717) is 29.7 Å². The molecule has 2 aromatic rings. The highest BCUT2D eigenvalue weighted by atomic mass is 32.2. The topological polar surface area (TPSA) is 63.4 Å². The van der Waals surface area contributed by atoms with Crippen LogP contribution in [0.4, 0.5) is 0 Å². The molecular weight excluding hydrogens is 312 g/mol. The van der Waals surface area contributed by atoms with Crippen LogP contribution in [-0.4, -0.2) is 31.0 Å². The summed E-state index contributed by atoms with van der Waals surface area (Å²) in [5, 5.41) is 3.87. The molecule has 0 radical (unpaired) electrons. The average Bonchev–Trinajstić information content (AvgIpc) is 2.84. The van der Waals surface area contributed by atoms with E-state index in [9.17, 15) is 8.42 Å². The van der Waals surface area contributed by atoms with Crippen molar-refractivity contribution in [1.82, 2.24) is 9.46 Å². The molecule has 0 N–H and O–H groups in total. The van der Waals surface area contributed by atoms with E-state index in [1.165, 1.54) is 0 Å². The highest BCUT2D eigenvalue weighted by Crippen LogP contribution is 2.58. The summed E-state index contributed by atoms with van der Waals surface area (Å²) in [4.78, 5) is 0.369. The van der Waals surface area contributed by atoms with Gasteiger partial charge in [0.1, 0.15) is 0 Å². The number of benzene rings is 1. The molecule has 2 heterocycles. The Balaban J connectivity index is 1.73. The quantitative estimate of drug-likeness (QED) is 0.867. The zero-order valence-corrected chi connectivity index (χ0v) is 14.4. The van der Waals surface area contributed by atoms with Gasteiger partial charge in [0.05, 0.1) is 10.6 Å². The van der Waals surface area contributed by atoms with Crippen molar-refractivity contribution in [3.63, 3.8) is 0 Å². The Kier molecular flexibility index (Phi) is 3.03. The van der Waals surface area contributed by atoms with Crippen molar-refractivity contribution < 1.29 is 12.9 Å². The first kappa shape index (κ1) is 14.9. The molecule has 2 aliphatic rings. The summed E-state index contributed by atoms with van der Waals surface area (Å²) in [7, 11) is -3.46. The standard InChI is InChI=1S/C17H20N2O3S/c1-11-4-5-13(15-6-12(2)18-22-15)7-16(11)23(20,21)19-9-14-8-17(14,3)10-19/h4-7,14H,8-10H2,1-3H3. The summed E-state index contributed by atoms with van der Waals surface area (Å²) in [5.41, 5.74) is 2.47. The van der Waals surface area contributed by atoms with E-state index in [1.807, 2.05) is 32.0 Å². The Morgan fingerprint density at radius 3 is 2.70 bits per heavy atom. The number of hydrogen-bond acceptors (Lipinski definition) is 4. The SMILES string of the molecule is Cc1cc(-c2ccc(C)c(S(=O)(=O)N3CC4CC4(C)C3)c2)on1. The van der Waals surface area contributed by atoms with Crippen molar-refractivity contribution >= 4 is 10.0 Å². The van der Waals surface area contributed by atoms with Crippen molar-refractivity contribution in [2.75, 3.05) is 13.1 Å². The van der Waals surface area contributed by atoms with Crippen molar-refractivity contribution in [3.8, 4) is 11.3 Å². The van der Waals surface area contributed by atoms with E-state index in [2.05, 4.69) is 12.1 Å². The number of piperidine rings is 1. The number of fused-ring (bicyclic) bond motifs is 1. The summed E-state index contributed by atoms with van der Waals surface area (Å²) in [6, 6.07) is 7.22. The first-order chi connectivity index (χ1) is 10.8. The molecule has 1 aromatic carbocycles. The van der Waals surface area contributed by atoms with Crippen LogP contribution in [0.5, 0.6) is 0 Å². The Morgan fingerprint density at radius 2 is 2.09 bits per heavy atom. The molecule has 23 heavy (non-hydrogen) atoms. The minimum atomic E-state index is -3.46. The highest BCUT2D eigenvalue weighted by molar-refractivity contribution is 7.89. The second-order valence-electron chi connectivity index (χ2n) is 7.17. The van der Waals surface area contributed by atoms with Crippen LogP contribution in [0, 0.1) is 25.2 Å². The van der Waals surface area contributed by atoms with E-state index < -0.39 is 10.0 Å². The summed E-state index contributed by atoms with van der Waals surface area (Å²) in [5.74, 6) is 1.12. The van der Waals surface area contributed by atoms with Gasteiger partial charge in [-0.25, -0.2) is 8.42 Å². The molecule has 1 aliphatic carbocycles. The normalized spacial score (nSPS) is 27.2. The molecule has 5 nitrogen and oxygen atoms in total. The molecule has 0 spiro atoms. The van der Waals surface area contributed by atoms with Gasteiger partial charge < -0.3 is 4.52 Å². The van der Waals surface area contributed by atoms with E-state index in [1.54, 1.807) is 10.4 Å². The molecule has 1 aliphatic heterocycles. The first-order valence-electron chi connectivity index (χ1n) is 7.84. The van der Waals surface area contributed by atoms with Crippen LogP contribution < -0.4 is 0 Å². The molecule has 0 amide bonds. The lowest BCUT2D eigenvalue weighted by atomic mass is 10.1. The average molecular weight is 332 g/mol. The molecule has 1 saturated heterocycles. The summed E-state index contributed by atoms with van der Waals surface area (Å²) in [6.45, 7) is 7.12. The molecule has 1 saturated carbocycles. The van der Waals surface area contributed by atoms with Crippen LogP contribution in [0.3, 0.4) is 0 Å². The van der Waals surface area contributed by atoms with Gasteiger partial charge in [0, 0.05) is 24.7 Å². The molecular formula is C17H20N2O3S. The van der Waals surface area contributed by atoms with Crippen molar-refractivity contribution in [1.29, 1.82) is 0 Å². The van der Waals surface area contributed by atoms with Crippen LogP contribution in [0.25, 0.3) is 11.3 Å². The Hall–Kier alpha value is -1.66. The Bertz CT molecular complexity index is 887. The van der Waals surface area contributed by atoms with Crippen LogP contribution in [0.15, 0.2) is 33.7 Å². The number of aromatic nitrogens is 1. The third-order valence-corrected chi connectivity index (χ3v) is 7.17. The van der Waals surface area contributed by atoms with E-state index in [0.717, 1.165) is 23.2 Å². The lowest BCUT2D eigenvalue weighted by molar-refractivity contribution is 0.414. The van der Waals surface area contributed by atoms with Crippen LogP contribution in [0.1, 0.15) is 24.6 Å². The lowest BCUT2D eigenvalue weighted by Crippen LogP contribution is -2.32. The minimum Gasteiger partial charge on any atom is -0.356 e. The van der Waals surface area contributed by atoms with Gasteiger partial charge in [-0.2, -0.15) is 4.31 Å². The number of hydrogen-bond donors (Lipinski definition) is 0. The van der Waals surface area contributed by atoms with Gasteiger partial charge >= 0.3 is 0 Å². The van der Waals surface area contributed by atoms with E-state index in [4.69, 9.17) is 4.52 Å². The third-order valence-electron chi connectivity index (χ3n) is 5.22. The van der Waals surface area contributed by atoms with Crippen LogP contribution in [0.2, 0.25) is 0 Å². The fourth-order valence-electron chi connectivity index (χ4n) is 3.55. The fraction of sp³-hybridized carbons (Fsp3) is 0.471. The number of rotatable bonds is 3. The Morgan fingerprint density at radius 1 is 1.30 bits per heavy atom. The van der Waals surface area contributed by atoms with Gasteiger partial charge in [-0.1, -0.05) is 24.2 Å². The maximum atomic E-state index is 13.0.